The molecule has 1 aliphatic heterocycles. The second-order valence-electron chi connectivity index (χ2n) is 5.53. The Morgan fingerprint density at radius 2 is 2.00 bits per heavy atom. The summed E-state index contributed by atoms with van der Waals surface area (Å²) in [5, 5.41) is 3.49. The first kappa shape index (κ1) is 15.7. The van der Waals surface area contributed by atoms with E-state index in [2.05, 4.69) is 15.3 Å². The molecule has 6 nitrogen and oxygen atoms in total. The van der Waals surface area contributed by atoms with Gasteiger partial charge in [-0.05, 0) is 13.3 Å². The summed E-state index contributed by atoms with van der Waals surface area (Å²) in [5.41, 5.74) is 0.702. The minimum Gasteiger partial charge on any atom is -0.358 e. The number of anilines is 1. The van der Waals surface area contributed by atoms with E-state index in [1.165, 1.54) is 7.05 Å². The molecule has 114 valence electrons. The van der Waals surface area contributed by atoms with E-state index in [9.17, 15) is 9.59 Å². The molecule has 21 heavy (non-hydrogen) atoms. The minimum atomic E-state index is -0.461. The molecular weight excluding hydrogens is 292 g/mol. The van der Waals surface area contributed by atoms with E-state index in [0.29, 0.717) is 35.2 Å². The number of likely N-dealkylation sites (N-methyl/N-ethyl adjacent to an activating group) is 1. The van der Waals surface area contributed by atoms with Gasteiger partial charge in [0.05, 0.1) is 0 Å². The van der Waals surface area contributed by atoms with Gasteiger partial charge in [0.15, 0.2) is 0 Å². The third kappa shape index (κ3) is 3.15. The number of nitrogens with one attached hydrogen (secondary N) is 1. The average molecular weight is 311 g/mol. The average Bonchev–Trinajstić information content (AvgIpc) is 2.43. The van der Waals surface area contributed by atoms with Gasteiger partial charge >= 0.3 is 0 Å². The Kier molecular flexibility index (Phi) is 4.46. The minimum absolute atomic E-state index is 0.134. The van der Waals surface area contributed by atoms with Crippen LogP contribution in [0.25, 0.3) is 0 Å². The van der Waals surface area contributed by atoms with Crippen molar-refractivity contribution in [3.05, 3.63) is 16.5 Å². The normalized spacial score (nSPS) is 19.3. The van der Waals surface area contributed by atoms with Crippen molar-refractivity contribution in [2.75, 3.05) is 12.4 Å². The van der Waals surface area contributed by atoms with Gasteiger partial charge in [-0.3, -0.25) is 14.5 Å². The lowest BCUT2D eigenvalue weighted by molar-refractivity contribution is -0.146. The van der Waals surface area contributed by atoms with Gasteiger partial charge in [0.1, 0.15) is 22.8 Å². The first-order valence-electron chi connectivity index (χ1n) is 6.92. The number of amides is 2. The zero-order valence-electron chi connectivity index (χ0n) is 12.6. The van der Waals surface area contributed by atoms with E-state index in [0.717, 1.165) is 4.90 Å². The Labute approximate surface area is 128 Å². The topological polar surface area (TPSA) is 75.2 Å². The molecule has 0 radical (unpaired) electrons. The predicted octanol–water partition coefficient (Wildman–Crippen LogP) is 2.12. The van der Waals surface area contributed by atoms with Crippen molar-refractivity contribution in [2.45, 2.75) is 45.6 Å². The van der Waals surface area contributed by atoms with E-state index >= 15 is 0 Å². The number of carbonyl (C=O) groups excluding carboxylic acids is 2. The van der Waals surface area contributed by atoms with E-state index in [1.54, 1.807) is 6.92 Å². The van der Waals surface area contributed by atoms with E-state index in [-0.39, 0.29) is 17.7 Å². The van der Waals surface area contributed by atoms with Gasteiger partial charge in [-0.25, -0.2) is 9.97 Å². The van der Waals surface area contributed by atoms with Crippen molar-refractivity contribution in [3.63, 3.8) is 0 Å². The van der Waals surface area contributed by atoms with Gasteiger partial charge in [-0.1, -0.05) is 25.4 Å². The smallest absolute Gasteiger partial charge is 0.251 e. The number of nitrogens with zero attached hydrogens (tertiary/aromatic N) is 3. The molecule has 1 saturated heterocycles. The van der Waals surface area contributed by atoms with Crippen LogP contribution >= 0.6 is 11.6 Å². The number of rotatable bonds is 3. The molecule has 1 aliphatic rings. The summed E-state index contributed by atoms with van der Waals surface area (Å²) in [6, 6.07) is -0.461. The number of hydrogen-bond acceptors (Lipinski definition) is 5. The van der Waals surface area contributed by atoms with Gasteiger partial charge in [-0.2, -0.15) is 0 Å². The van der Waals surface area contributed by atoms with Gasteiger partial charge in [0, 0.05) is 24.9 Å². The fraction of sp³-hybridized carbons (Fsp3) is 0.571. The lowest BCUT2D eigenvalue weighted by Crippen LogP contribution is -2.48. The molecular formula is C14H19ClN4O2. The van der Waals surface area contributed by atoms with Crippen LogP contribution in [0.1, 0.15) is 44.0 Å². The monoisotopic (exact) mass is 310 g/mol. The van der Waals surface area contributed by atoms with Gasteiger partial charge in [-0.15, -0.1) is 0 Å². The number of piperidine rings is 1. The number of hydrogen-bond donors (Lipinski definition) is 1. The largest absolute Gasteiger partial charge is 0.358 e. The van der Waals surface area contributed by atoms with Crippen molar-refractivity contribution < 1.29 is 9.59 Å². The molecule has 2 amide bonds. The van der Waals surface area contributed by atoms with Crippen LogP contribution in [0.4, 0.5) is 5.82 Å². The molecule has 1 N–H and O–H groups in total. The standard InChI is InChI=1S/C14H19ClN4O2/c1-7(2)12-17-11(15)8(3)13(18-12)16-9-5-6-10(20)19(4)14(9)21/h7,9H,5-6H2,1-4H3,(H,16,17,18). The van der Waals surface area contributed by atoms with Crippen molar-refractivity contribution >= 4 is 29.2 Å². The highest BCUT2D eigenvalue weighted by atomic mass is 35.5. The quantitative estimate of drug-likeness (QED) is 0.683. The zero-order valence-corrected chi connectivity index (χ0v) is 13.4. The second kappa shape index (κ2) is 5.97. The van der Waals surface area contributed by atoms with Crippen LogP contribution in [-0.4, -0.2) is 39.8 Å². The highest BCUT2D eigenvalue weighted by molar-refractivity contribution is 6.30. The van der Waals surface area contributed by atoms with Crippen LogP contribution in [-0.2, 0) is 9.59 Å². The highest BCUT2D eigenvalue weighted by Gasteiger charge is 2.32. The van der Waals surface area contributed by atoms with Gasteiger partial charge in [0.2, 0.25) is 5.91 Å². The molecule has 0 bridgehead atoms. The summed E-state index contributed by atoms with van der Waals surface area (Å²) in [5.74, 6) is 0.917. The molecule has 0 aliphatic carbocycles. The first-order chi connectivity index (χ1) is 9.81. The molecule has 1 aromatic rings. The first-order valence-corrected chi connectivity index (χ1v) is 7.30. The van der Waals surface area contributed by atoms with Crippen molar-refractivity contribution in [1.82, 2.24) is 14.9 Å². The number of imide groups is 1. The summed E-state index contributed by atoms with van der Waals surface area (Å²) >= 11 is 6.13. The summed E-state index contributed by atoms with van der Waals surface area (Å²) in [6.07, 6.45) is 0.800. The number of halogens is 1. The van der Waals surface area contributed by atoms with Crippen LogP contribution < -0.4 is 5.32 Å². The molecule has 1 aromatic heterocycles. The lowest BCUT2D eigenvalue weighted by atomic mass is 10.0. The molecule has 2 rings (SSSR count). The number of aromatic nitrogens is 2. The maximum atomic E-state index is 12.1. The SMILES string of the molecule is Cc1c(Cl)nc(C(C)C)nc1NC1CCC(=O)N(C)C1=O. The fourth-order valence-electron chi connectivity index (χ4n) is 2.12. The molecule has 0 aromatic carbocycles. The third-order valence-corrected chi connectivity index (χ3v) is 3.95. The van der Waals surface area contributed by atoms with Crippen LogP contribution in [0.5, 0.6) is 0 Å². The molecule has 2 heterocycles. The summed E-state index contributed by atoms with van der Waals surface area (Å²) in [6.45, 7) is 5.75. The van der Waals surface area contributed by atoms with E-state index in [1.807, 2.05) is 13.8 Å². The maximum absolute atomic E-state index is 12.1. The highest BCUT2D eigenvalue weighted by Crippen LogP contribution is 2.25. The lowest BCUT2D eigenvalue weighted by Gasteiger charge is -2.29. The summed E-state index contributed by atoms with van der Waals surface area (Å²) in [4.78, 5) is 33.5. The van der Waals surface area contributed by atoms with Crippen molar-refractivity contribution in [1.29, 1.82) is 0 Å². The number of likely N-dealkylation sites (tertiary alicyclic amines) is 1. The van der Waals surface area contributed by atoms with Crippen molar-refractivity contribution in [3.8, 4) is 0 Å². The molecule has 0 saturated carbocycles. The fourth-order valence-corrected chi connectivity index (χ4v) is 2.29. The Morgan fingerprint density at radius 1 is 1.33 bits per heavy atom. The molecule has 0 spiro atoms. The zero-order chi connectivity index (χ0) is 15.7. The van der Waals surface area contributed by atoms with Crippen LogP contribution in [0.3, 0.4) is 0 Å². The molecule has 1 unspecified atom stereocenters. The van der Waals surface area contributed by atoms with Crippen LogP contribution in [0.2, 0.25) is 5.15 Å². The van der Waals surface area contributed by atoms with Crippen LogP contribution in [0.15, 0.2) is 0 Å². The second-order valence-corrected chi connectivity index (χ2v) is 5.89. The predicted molar refractivity (Wildman–Crippen MR) is 80.3 cm³/mol. The van der Waals surface area contributed by atoms with Crippen LogP contribution in [0, 0.1) is 6.92 Å². The third-order valence-electron chi connectivity index (χ3n) is 3.58. The van der Waals surface area contributed by atoms with E-state index in [4.69, 9.17) is 11.6 Å². The van der Waals surface area contributed by atoms with Gasteiger partial charge in [0.25, 0.3) is 5.91 Å². The molecule has 1 atom stereocenters. The Bertz CT molecular complexity index is 589. The van der Waals surface area contributed by atoms with Gasteiger partial charge < -0.3 is 5.32 Å². The maximum Gasteiger partial charge on any atom is 0.251 e. The Morgan fingerprint density at radius 3 is 2.62 bits per heavy atom. The summed E-state index contributed by atoms with van der Waals surface area (Å²) < 4.78 is 0. The van der Waals surface area contributed by atoms with Crippen molar-refractivity contribution in [2.24, 2.45) is 0 Å². The number of carbonyl (C=O) groups is 2. The molecule has 1 fully saturated rings. The Balaban J connectivity index is 2.27. The Hall–Kier alpha value is -1.69. The van der Waals surface area contributed by atoms with E-state index < -0.39 is 6.04 Å². The summed E-state index contributed by atoms with van der Waals surface area (Å²) in [7, 11) is 1.50. The molecule has 7 heteroatoms.